The molecular weight excluding hydrogens is 364 g/mol. The van der Waals surface area contributed by atoms with Gasteiger partial charge in [0, 0.05) is 17.6 Å². The number of rotatable bonds is 12. The molecule has 0 fully saturated rings. The van der Waals surface area contributed by atoms with Gasteiger partial charge in [-0.15, -0.1) is 0 Å². The molecule has 0 amide bonds. The maximum Gasteiger partial charge on any atom is 0.266 e. The van der Waals surface area contributed by atoms with Gasteiger partial charge in [-0.25, -0.2) is 0 Å². The Morgan fingerprint density at radius 2 is 2.04 bits per heavy atom. The molecule has 0 bridgehead atoms. The van der Waals surface area contributed by atoms with Crippen molar-refractivity contribution < 1.29 is 9.34 Å². The van der Waals surface area contributed by atoms with Crippen LogP contribution < -0.4 is 11.1 Å². The molecule has 1 unspecified atom stereocenters. The number of thioether (sulfide) groups is 1. The van der Waals surface area contributed by atoms with E-state index >= 15 is 0 Å². The smallest absolute Gasteiger partial charge is 0.266 e. The van der Waals surface area contributed by atoms with Gasteiger partial charge in [0.25, 0.3) is 6.04 Å². The van der Waals surface area contributed by atoms with Gasteiger partial charge in [0.1, 0.15) is 11.5 Å². The molecule has 8 heteroatoms. The second-order valence-electron chi connectivity index (χ2n) is 6.10. The number of furan rings is 1. The Morgan fingerprint density at radius 1 is 1.30 bits per heavy atom. The van der Waals surface area contributed by atoms with Gasteiger partial charge in [-0.3, -0.25) is 15.1 Å². The number of nitrogens with zero attached hydrogens (tertiary/aromatic N) is 2. The molecule has 0 aliphatic rings. The summed E-state index contributed by atoms with van der Waals surface area (Å²) in [6.45, 7) is 3.50. The van der Waals surface area contributed by atoms with E-state index in [2.05, 4.69) is 22.4 Å². The third-order valence-electron chi connectivity index (χ3n) is 3.97. The summed E-state index contributed by atoms with van der Waals surface area (Å²) in [5.41, 5.74) is 6.90. The van der Waals surface area contributed by atoms with Crippen LogP contribution in [0.5, 0.6) is 0 Å². The lowest BCUT2D eigenvalue weighted by atomic mass is 10.1. The molecule has 0 aliphatic carbocycles. The first-order chi connectivity index (χ1) is 13.1. The predicted octanol–water partition coefficient (Wildman–Crippen LogP) is 2.87. The average Bonchev–Trinajstić information content (AvgIpc) is 3.12. The number of nitrogens with two attached hydrogens (primary N) is 1. The quantitative estimate of drug-likeness (QED) is 0.190. The Labute approximate surface area is 163 Å². The van der Waals surface area contributed by atoms with Crippen LogP contribution in [-0.2, 0) is 18.7 Å². The highest BCUT2D eigenvalue weighted by molar-refractivity contribution is 7.98. The molecule has 0 saturated heterocycles. The predicted molar refractivity (Wildman–Crippen MR) is 110 cm³/mol. The van der Waals surface area contributed by atoms with Crippen molar-refractivity contribution in [1.82, 2.24) is 5.32 Å². The fraction of sp³-hybridized carbons (Fsp3) is 0.421. The van der Waals surface area contributed by atoms with Gasteiger partial charge in [0.15, 0.2) is 5.84 Å². The summed E-state index contributed by atoms with van der Waals surface area (Å²) in [5, 5.41) is 14.0. The molecule has 7 nitrogen and oxygen atoms in total. The lowest BCUT2D eigenvalue weighted by Crippen LogP contribution is -2.33. The number of hydrogen-bond acceptors (Lipinski definition) is 6. The highest BCUT2D eigenvalue weighted by atomic mass is 32.2. The summed E-state index contributed by atoms with van der Waals surface area (Å²) < 4.78 is 5.80. The Hall–Kier alpha value is -2.32. The highest BCUT2D eigenvalue weighted by Crippen LogP contribution is 2.15. The van der Waals surface area contributed by atoms with E-state index < -0.39 is 11.0 Å². The van der Waals surface area contributed by atoms with Crippen LogP contribution in [0, 0.1) is 10.1 Å². The van der Waals surface area contributed by atoms with Crippen LogP contribution in [0.1, 0.15) is 24.0 Å². The second-order valence-corrected chi connectivity index (χ2v) is 7.21. The van der Waals surface area contributed by atoms with Crippen LogP contribution in [0.2, 0.25) is 0 Å². The minimum absolute atomic E-state index is 0.0717. The zero-order valence-electron chi connectivity index (χ0n) is 15.5. The summed E-state index contributed by atoms with van der Waals surface area (Å²) in [6.07, 6.45) is 0.989. The molecule has 0 aliphatic heterocycles. The van der Waals surface area contributed by atoms with Crippen molar-refractivity contribution in [2.45, 2.75) is 31.7 Å². The lowest BCUT2D eigenvalue weighted by molar-refractivity contribution is -0.498. The number of aliphatic imine (C=N–C) groups is 1. The summed E-state index contributed by atoms with van der Waals surface area (Å²) in [4.78, 5) is 14.2. The van der Waals surface area contributed by atoms with Gasteiger partial charge in [-0.2, -0.15) is 11.8 Å². The van der Waals surface area contributed by atoms with Gasteiger partial charge >= 0.3 is 0 Å². The van der Waals surface area contributed by atoms with Gasteiger partial charge in [0.2, 0.25) is 0 Å². The normalized spacial score (nSPS) is 12.9. The molecule has 0 saturated carbocycles. The molecular formula is C19H26N4O3S. The van der Waals surface area contributed by atoms with E-state index in [9.17, 15) is 10.1 Å². The molecule has 0 radical (unpaired) electrons. The van der Waals surface area contributed by atoms with Crippen molar-refractivity contribution in [3.8, 4) is 0 Å². The lowest BCUT2D eigenvalue weighted by Gasteiger charge is -2.03. The van der Waals surface area contributed by atoms with Crippen LogP contribution in [-0.4, -0.2) is 35.6 Å². The van der Waals surface area contributed by atoms with Crippen LogP contribution in [0.25, 0.3) is 0 Å². The minimum atomic E-state index is -0.933. The fourth-order valence-corrected chi connectivity index (χ4v) is 3.06. The zero-order valence-corrected chi connectivity index (χ0v) is 16.3. The fourth-order valence-electron chi connectivity index (χ4n) is 2.34. The van der Waals surface area contributed by atoms with Gasteiger partial charge in [-0.1, -0.05) is 30.3 Å². The third-order valence-corrected chi connectivity index (χ3v) is 4.93. The van der Waals surface area contributed by atoms with Gasteiger partial charge in [-0.05, 0) is 30.7 Å². The molecule has 27 heavy (non-hydrogen) atoms. The molecule has 1 heterocycles. The monoisotopic (exact) mass is 390 g/mol. The van der Waals surface area contributed by atoms with Crippen molar-refractivity contribution in [2.75, 3.05) is 18.8 Å². The van der Waals surface area contributed by atoms with Crippen LogP contribution in [0.15, 0.2) is 51.9 Å². The Balaban J connectivity index is 1.60. The standard InChI is InChI=1S/C19H26N4O3S/c1-15(23(24)25)19(20)22-11-12-27-14-18-8-7-17(26-18)13-21-10-9-16-5-3-2-4-6-16/h2-8,15,21H,9-14H2,1H3,(H2,20,22). The van der Waals surface area contributed by atoms with Crippen molar-refractivity contribution in [3.63, 3.8) is 0 Å². The molecule has 0 spiro atoms. The van der Waals surface area contributed by atoms with E-state index in [0.717, 1.165) is 36.0 Å². The number of benzene rings is 1. The highest BCUT2D eigenvalue weighted by Gasteiger charge is 2.16. The first-order valence-electron chi connectivity index (χ1n) is 8.89. The van der Waals surface area contributed by atoms with E-state index in [1.54, 1.807) is 11.8 Å². The van der Waals surface area contributed by atoms with Crippen LogP contribution in [0.4, 0.5) is 0 Å². The van der Waals surface area contributed by atoms with Crippen molar-refractivity contribution in [1.29, 1.82) is 0 Å². The minimum Gasteiger partial charge on any atom is -0.464 e. The van der Waals surface area contributed by atoms with Crippen molar-refractivity contribution in [2.24, 2.45) is 10.7 Å². The molecule has 1 aromatic carbocycles. The third kappa shape index (κ3) is 7.84. The van der Waals surface area contributed by atoms with E-state index in [4.69, 9.17) is 10.2 Å². The number of amidine groups is 1. The number of hydrogen-bond donors (Lipinski definition) is 2. The number of nitro groups is 1. The summed E-state index contributed by atoms with van der Waals surface area (Å²) in [6, 6.07) is 13.4. The molecule has 2 aromatic rings. The van der Waals surface area contributed by atoms with E-state index in [1.165, 1.54) is 12.5 Å². The maximum absolute atomic E-state index is 10.6. The summed E-state index contributed by atoms with van der Waals surface area (Å²) in [5.74, 6) is 3.37. The van der Waals surface area contributed by atoms with Gasteiger partial charge < -0.3 is 15.5 Å². The van der Waals surface area contributed by atoms with E-state index in [0.29, 0.717) is 13.1 Å². The molecule has 1 atom stereocenters. The molecule has 3 N–H and O–H groups in total. The van der Waals surface area contributed by atoms with E-state index in [1.807, 2.05) is 30.3 Å². The molecule has 146 valence electrons. The Kier molecular flexibility index (Phi) is 8.86. The second kappa shape index (κ2) is 11.4. The molecule has 1 aromatic heterocycles. The Morgan fingerprint density at radius 3 is 2.78 bits per heavy atom. The summed E-state index contributed by atoms with van der Waals surface area (Å²) in [7, 11) is 0. The largest absolute Gasteiger partial charge is 0.464 e. The van der Waals surface area contributed by atoms with E-state index in [-0.39, 0.29) is 5.84 Å². The molecule has 2 rings (SSSR count). The zero-order chi connectivity index (χ0) is 19.5. The van der Waals surface area contributed by atoms with Crippen molar-refractivity contribution >= 4 is 17.6 Å². The average molecular weight is 391 g/mol. The van der Waals surface area contributed by atoms with Crippen molar-refractivity contribution in [3.05, 3.63) is 69.7 Å². The maximum atomic E-state index is 10.6. The summed E-state index contributed by atoms with van der Waals surface area (Å²) >= 11 is 1.66. The first kappa shape index (κ1) is 21.0. The topological polar surface area (TPSA) is 107 Å². The number of nitrogens with one attached hydrogen (secondary N) is 1. The van der Waals surface area contributed by atoms with Gasteiger partial charge in [0.05, 0.1) is 18.8 Å². The SMILES string of the molecule is CC(C(N)=NCCSCc1ccc(CNCCc2ccccc2)o1)[N+](=O)[O-]. The van der Waals surface area contributed by atoms with Crippen LogP contribution in [0.3, 0.4) is 0 Å². The Bertz CT molecular complexity index is 734. The first-order valence-corrected chi connectivity index (χ1v) is 10.0. The van der Waals surface area contributed by atoms with Crippen LogP contribution >= 0.6 is 11.8 Å².